The summed E-state index contributed by atoms with van der Waals surface area (Å²) in [5.74, 6) is -1.06. The Morgan fingerprint density at radius 2 is 1.96 bits per heavy atom. The fraction of sp³-hybridized carbons (Fsp3) is 0.125. The van der Waals surface area contributed by atoms with Crippen molar-refractivity contribution in [2.75, 3.05) is 5.32 Å². The van der Waals surface area contributed by atoms with E-state index in [1.165, 1.54) is 24.3 Å². The maximum Gasteiger partial charge on any atom is 0.331 e. The van der Waals surface area contributed by atoms with Crippen LogP contribution in [0.15, 0.2) is 41.8 Å². The summed E-state index contributed by atoms with van der Waals surface area (Å²) in [7, 11) is 0. The molecule has 7 heteroatoms. The van der Waals surface area contributed by atoms with E-state index in [4.69, 9.17) is 27.9 Å². The largest absolute Gasteiger partial charge is 0.449 e. The zero-order valence-corrected chi connectivity index (χ0v) is 14.4. The number of benzene rings is 1. The Bertz CT molecular complexity index is 709. The Kier molecular flexibility index (Phi) is 6.21. The van der Waals surface area contributed by atoms with E-state index < -0.39 is 18.0 Å². The van der Waals surface area contributed by atoms with Gasteiger partial charge < -0.3 is 10.1 Å². The lowest BCUT2D eigenvalue weighted by Gasteiger charge is -2.12. The molecule has 0 aliphatic rings. The molecule has 0 aliphatic carbocycles. The van der Waals surface area contributed by atoms with Crippen LogP contribution in [0.25, 0.3) is 6.08 Å². The van der Waals surface area contributed by atoms with Crippen LogP contribution in [0, 0.1) is 0 Å². The van der Waals surface area contributed by atoms with Crippen molar-refractivity contribution in [3.8, 4) is 0 Å². The number of carbonyl (C=O) groups excluding carboxylic acids is 2. The van der Waals surface area contributed by atoms with Crippen LogP contribution >= 0.6 is 34.5 Å². The van der Waals surface area contributed by atoms with Crippen LogP contribution in [0.3, 0.4) is 0 Å². The third kappa shape index (κ3) is 5.71. The Balaban J connectivity index is 1.90. The molecule has 1 aromatic carbocycles. The number of esters is 1. The van der Waals surface area contributed by atoms with Gasteiger partial charge in [0.1, 0.15) is 0 Å². The molecular weight excluding hydrogens is 357 g/mol. The number of ether oxygens (including phenoxy) is 1. The average molecular weight is 370 g/mol. The van der Waals surface area contributed by atoms with Gasteiger partial charge in [0.15, 0.2) is 6.10 Å². The summed E-state index contributed by atoms with van der Waals surface area (Å²) in [5.41, 5.74) is 0.435. The van der Waals surface area contributed by atoms with Crippen molar-refractivity contribution in [3.63, 3.8) is 0 Å². The van der Waals surface area contributed by atoms with Gasteiger partial charge in [-0.05, 0) is 42.6 Å². The Hall–Kier alpha value is -1.82. The van der Waals surface area contributed by atoms with Crippen molar-refractivity contribution in [2.45, 2.75) is 13.0 Å². The lowest BCUT2D eigenvalue weighted by atomic mass is 10.3. The van der Waals surface area contributed by atoms with E-state index in [0.717, 1.165) is 4.88 Å². The molecule has 1 aromatic heterocycles. The Morgan fingerprint density at radius 3 is 2.57 bits per heavy atom. The van der Waals surface area contributed by atoms with E-state index in [2.05, 4.69) is 5.32 Å². The number of rotatable bonds is 5. The first-order chi connectivity index (χ1) is 10.9. The van der Waals surface area contributed by atoms with Crippen LogP contribution in [-0.4, -0.2) is 18.0 Å². The monoisotopic (exact) mass is 369 g/mol. The van der Waals surface area contributed by atoms with Gasteiger partial charge in [0.05, 0.1) is 0 Å². The highest BCUT2D eigenvalue weighted by Crippen LogP contribution is 2.22. The molecule has 1 heterocycles. The quantitative estimate of drug-likeness (QED) is 0.616. The van der Waals surface area contributed by atoms with E-state index in [9.17, 15) is 9.59 Å². The molecule has 0 radical (unpaired) electrons. The van der Waals surface area contributed by atoms with Crippen LogP contribution in [0.1, 0.15) is 11.8 Å². The Morgan fingerprint density at radius 1 is 1.26 bits per heavy atom. The van der Waals surface area contributed by atoms with E-state index in [1.54, 1.807) is 24.3 Å². The van der Waals surface area contributed by atoms with Crippen LogP contribution in [0.4, 0.5) is 5.69 Å². The first-order valence-electron chi connectivity index (χ1n) is 6.63. The molecule has 1 atom stereocenters. The molecule has 1 amide bonds. The number of halogens is 2. The van der Waals surface area contributed by atoms with Gasteiger partial charge in [0, 0.05) is 26.7 Å². The molecule has 4 nitrogen and oxygen atoms in total. The molecule has 0 bridgehead atoms. The van der Waals surface area contributed by atoms with Crippen molar-refractivity contribution in [3.05, 3.63) is 56.7 Å². The molecule has 0 saturated heterocycles. The van der Waals surface area contributed by atoms with Gasteiger partial charge in [-0.15, -0.1) is 11.3 Å². The topological polar surface area (TPSA) is 55.4 Å². The smallest absolute Gasteiger partial charge is 0.331 e. The molecule has 120 valence electrons. The van der Waals surface area contributed by atoms with Gasteiger partial charge >= 0.3 is 5.97 Å². The molecule has 2 rings (SSSR count). The Labute approximate surface area is 147 Å². The number of carbonyl (C=O) groups is 2. The third-order valence-corrected chi connectivity index (χ3v) is 3.99. The van der Waals surface area contributed by atoms with E-state index in [1.807, 2.05) is 17.5 Å². The highest BCUT2D eigenvalue weighted by molar-refractivity contribution is 7.10. The van der Waals surface area contributed by atoms with Gasteiger partial charge in [-0.3, -0.25) is 4.79 Å². The summed E-state index contributed by atoms with van der Waals surface area (Å²) in [4.78, 5) is 24.6. The van der Waals surface area contributed by atoms with Crippen LogP contribution < -0.4 is 5.32 Å². The fourth-order valence-electron chi connectivity index (χ4n) is 1.67. The fourth-order valence-corrected chi connectivity index (χ4v) is 2.82. The molecule has 0 unspecified atom stereocenters. The number of amides is 1. The highest BCUT2D eigenvalue weighted by Gasteiger charge is 2.17. The van der Waals surface area contributed by atoms with Crippen molar-refractivity contribution < 1.29 is 14.3 Å². The van der Waals surface area contributed by atoms with Crippen molar-refractivity contribution >= 4 is 58.2 Å². The van der Waals surface area contributed by atoms with E-state index in [0.29, 0.717) is 15.7 Å². The minimum atomic E-state index is -0.951. The van der Waals surface area contributed by atoms with Gasteiger partial charge in [-0.2, -0.15) is 0 Å². The summed E-state index contributed by atoms with van der Waals surface area (Å²) in [6.07, 6.45) is 1.97. The third-order valence-electron chi connectivity index (χ3n) is 2.72. The summed E-state index contributed by atoms with van der Waals surface area (Å²) in [6.45, 7) is 1.48. The summed E-state index contributed by atoms with van der Waals surface area (Å²) < 4.78 is 5.04. The lowest BCUT2D eigenvalue weighted by Crippen LogP contribution is -2.29. The van der Waals surface area contributed by atoms with Crippen molar-refractivity contribution in [1.82, 2.24) is 0 Å². The average Bonchev–Trinajstić information content (AvgIpc) is 2.97. The predicted molar refractivity (Wildman–Crippen MR) is 94.0 cm³/mol. The SMILES string of the molecule is C[C@@H](OC(=O)/C=C/c1cccs1)C(=O)Nc1cc(Cl)cc(Cl)c1. The number of thiophene rings is 1. The zero-order chi connectivity index (χ0) is 16.8. The second-order valence-electron chi connectivity index (χ2n) is 4.58. The molecule has 23 heavy (non-hydrogen) atoms. The van der Waals surface area contributed by atoms with Crippen molar-refractivity contribution in [1.29, 1.82) is 0 Å². The number of nitrogens with one attached hydrogen (secondary N) is 1. The minimum absolute atomic E-state index is 0.399. The summed E-state index contributed by atoms with van der Waals surface area (Å²) in [6, 6.07) is 8.40. The zero-order valence-electron chi connectivity index (χ0n) is 12.1. The molecule has 0 spiro atoms. The molecular formula is C16H13Cl2NO3S. The number of hydrogen-bond acceptors (Lipinski definition) is 4. The van der Waals surface area contributed by atoms with E-state index in [-0.39, 0.29) is 0 Å². The summed E-state index contributed by atoms with van der Waals surface area (Å²) >= 11 is 13.2. The highest BCUT2D eigenvalue weighted by atomic mass is 35.5. The predicted octanol–water partition coefficient (Wildman–Crippen LogP) is 4.64. The minimum Gasteiger partial charge on any atom is -0.449 e. The molecule has 1 N–H and O–H groups in total. The van der Waals surface area contributed by atoms with Gasteiger partial charge in [0.2, 0.25) is 0 Å². The van der Waals surface area contributed by atoms with Gasteiger partial charge in [0.25, 0.3) is 5.91 Å². The van der Waals surface area contributed by atoms with Gasteiger partial charge in [-0.25, -0.2) is 4.79 Å². The maximum atomic E-state index is 12.0. The second kappa shape index (κ2) is 8.15. The van der Waals surface area contributed by atoms with Crippen LogP contribution in [0.5, 0.6) is 0 Å². The van der Waals surface area contributed by atoms with Crippen LogP contribution in [0.2, 0.25) is 10.0 Å². The lowest BCUT2D eigenvalue weighted by molar-refractivity contribution is -0.148. The number of hydrogen-bond donors (Lipinski definition) is 1. The van der Waals surface area contributed by atoms with Gasteiger partial charge in [-0.1, -0.05) is 29.3 Å². The van der Waals surface area contributed by atoms with E-state index >= 15 is 0 Å². The second-order valence-corrected chi connectivity index (χ2v) is 6.43. The normalized spacial score (nSPS) is 12.1. The first kappa shape index (κ1) is 17.5. The number of anilines is 1. The summed E-state index contributed by atoms with van der Waals surface area (Å²) in [5, 5.41) is 5.29. The van der Waals surface area contributed by atoms with Crippen molar-refractivity contribution in [2.24, 2.45) is 0 Å². The molecule has 0 aliphatic heterocycles. The molecule has 0 saturated carbocycles. The maximum absolute atomic E-state index is 12.0. The van der Waals surface area contributed by atoms with Crippen LogP contribution in [-0.2, 0) is 14.3 Å². The molecule has 0 fully saturated rings. The first-order valence-corrected chi connectivity index (χ1v) is 8.27. The standard InChI is InChI=1S/C16H13Cl2NO3S/c1-10(22-15(20)5-4-14-3-2-6-23-14)16(21)19-13-8-11(17)7-12(18)9-13/h2-10H,1H3,(H,19,21)/b5-4+/t10-/m1/s1. The molecule has 2 aromatic rings.